The molecule has 274 valence electrons. The molecule has 3 N–H and O–H groups in total. The molecule has 0 aliphatic heterocycles. The van der Waals surface area contributed by atoms with Crippen LogP contribution in [0.3, 0.4) is 0 Å². The van der Waals surface area contributed by atoms with E-state index in [4.69, 9.17) is 5.73 Å². The van der Waals surface area contributed by atoms with E-state index in [-0.39, 0.29) is 148 Å². The van der Waals surface area contributed by atoms with Gasteiger partial charge in [0.1, 0.15) is 62.4 Å². The van der Waals surface area contributed by atoms with Crippen LogP contribution in [-0.2, 0) is 50.6 Å². The summed E-state index contributed by atoms with van der Waals surface area (Å²) >= 11 is 0. The average molecular weight is 928 g/mol. The predicted molar refractivity (Wildman–Crippen MR) is 168 cm³/mol. The maximum atomic E-state index is 13.7. The summed E-state index contributed by atoms with van der Waals surface area (Å²) in [6.07, 6.45) is 0. The number of rotatable bonds is 9. The average Bonchev–Trinajstić information content (AvgIpc) is 3.00. The van der Waals surface area contributed by atoms with Crippen molar-refractivity contribution >= 4 is 101 Å². The summed E-state index contributed by atoms with van der Waals surface area (Å²) in [6, 6.07) is 9.15. The molecule has 0 fully saturated rings. The Morgan fingerprint density at radius 1 is 0.509 bits per heavy atom. The van der Waals surface area contributed by atoms with Gasteiger partial charge in [0.15, 0.2) is 0 Å². The molecule has 0 aromatic heterocycles. The van der Waals surface area contributed by atoms with Crippen molar-refractivity contribution in [2.75, 3.05) is 5.73 Å². The minimum absolute atomic E-state index is 0. The molecule has 0 unspecified atom stereocenters. The fourth-order valence-corrected chi connectivity index (χ4v) is 8.32. The Balaban J connectivity index is 0.00000627. The van der Waals surface area contributed by atoms with Crippen molar-refractivity contribution in [3.05, 3.63) is 66.7 Å². The quantitative estimate of drug-likeness (QED) is 0.0600. The van der Waals surface area contributed by atoms with Crippen LogP contribution in [0.25, 0.3) is 21.5 Å². The molecule has 0 bridgehead atoms. The predicted octanol–water partition coefficient (Wildman–Crippen LogP) is -12.6. The van der Waals surface area contributed by atoms with Gasteiger partial charge in [-0.05, 0) is 41.8 Å². The summed E-state index contributed by atoms with van der Waals surface area (Å²) in [5.41, 5.74) is 0.952. The number of benzene rings is 5. The molecular weight excluding hydrogens is 914 g/mol. The van der Waals surface area contributed by atoms with Crippen molar-refractivity contribution in [1.29, 1.82) is 0 Å². The van der Waals surface area contributed by atoms with Crippen molar-refractivity contribution in [3.63, 3.8) is 0 Å². The zero-order valence-electron chi connectivity index (χ0n) is 29.8. The van der Waals surface area contributed by atoms with E-state index < -0.39 is 131 Å². The Labute approximate surface area is 434 Å². The van der Waals surface area contributed by atoms with Crippen LogP contribution in [0.4, 0.5) is 28.4 Å². The Bertz CT molecular complexity index is 3030. The maximum Gasteiger partial charge on any atom is 1.00 e. The third-order valence-electron chi connectivity index (χ3n) is 6.96. The fraction of sp³-hybridized carbons (Fsp3) is 0. The zero-order chi connectivity index (χ0) is 38.8. The van der Waals surface area contributed by atoms with Gasteiger partial charge in [-0.2, -0.15) is 8.42 Å². The number of hydrogen-bond acceptors (Lipinski definition) is 20. The molecule has 5 rings (SSSR count). The molecule has 0 aliphatic carbocycles. The molecule has 57 heavy (non-hydrogen) atoms. The normalized spacial score (nSPS) is 12.3. The molecule has 0 atom stereocenters. The Kier molecular flexibility index (Phi) is 20.9. The number of anilines is 1. The number of nitrogens with two attached hydrogens (primary N) is 1. The van der Waals surface area contributed by atoms with Crippen molar-refractivity contribution in [3.8, 4) is 5.75 Å². The summed E-state index contributed by atoms with van der Waals surface area (Å²) < 4.78 is 178. The Morgan fingerprint density at radius 2 is 0.965 bits per heavy atom. The van der Waals surface area contributed by atoms with Gasteiger partial charge in [0.05, 0.1) is 31.0 Å². The molecule has 5 aromatic carbocycles. The smallest absolute Gasteiger partial charge is 0.870 e. The first-order chi connectivity index (χ1) is 23.8. The zero-order valence-corrected chi connectivity index (χ0v) is 43.9. The first-order valence-electron chi connectivity index (χ1n) is 13.2. The molecule has 21 nitrogen and oxygen atoms in total. The second-order valence-electron chi connectivity index (χ2n) is 10.2. The molecule has 0 spiro atoms. The van der Waals surface area contributed by atoms with Crippen LogP contribution in [-0.4, -0.2) is 64.9 Å². The third kappa shape index (κ3) is 12.6. The van der Waals surface area contributed by atoms with Gasteiger partial charge in [0.2, 0.25) is 0 Å². The second-order valence-corrected chi connectivity index (χ2v) is 17.0. The van der Waals surface area contributed by atoms with E-state index in [1.165, 1.54) is 6.07 Å². The van der Waals surface area contributed by atoms with E-state index in [0.29, 0.717) is 18.2 Å². The monoisotopic (exact) mass is 927 g/mol. The molecule has 0 saturated heterocycles. The standard InChI is InChI=1S/C26H19N5O16S5.5Na/c27-22-21-12(10-19(50(39,40)41)23(22)30-28-15-5-1-2-6-18(15)49(36,37)38)11-20(51(42,43)44)24(25(21)32)31-29-16-9-8-13-14(26(16)52(45,46)47)4-3-7-17(13)48(33,34)35;;;;;/h1-11,32H,27H2,(H,33,34,35)(H,36,37,38)(H,39,40,41)(H,42,43,44)(H,45,46,47);;;;;/q;5*+1/p-5. The van der Waals surface area contributed by atoms with Gasteiger partial charge in [-0.3, -0.25) is 4.55 Å². The first-order valence-corrected chi connectivity index (χ1v) is 20.3. The van der Waals surface area contributed by atoms with E-state index in [2.05, 4.69) is 20.5 Å². The van der Waals surface area contributed by atoms with Crippen LogP contribution in [0.15, 0.2) is 112 Å². The second kappa shape index (κ2) is 20.9. The van der Waals surface area contributed by atoms with Gasteiger partial charge in [-0.1, -0.05) is 36.1 Å². The SMILES string of the molecule is Nc1c(N=Nc2ccccc2S(=O)(=O)[O-])c(S(=O)(=O)[O-])cc2cc(S(=O)(=O)[O-])c(N=Nc3ccc4c(S(=O)(=O)[O-])cccc4c3S(=O)(=O)O)c([O-])c12.[Na+].[Na+].[Na+].[Na+].[Na+]. The van der Waals surface area contributed by atoms with Gasteiger partial charge in [0.25, 0.3) is 10.1 Å². The molecule has 0 radical (unpaired) electrons. The maximum absolute atomic E-state index is 13.7. The van der Waals surface area contributed by atoms with E-state index in [0.717, 1.165) is 42.5 Å². The Morgan fingerprint density at radius 3 is 1.47 bits per heavy atom. The number of hydrogen-bond donors (Lipinski definition) is 2. The van der Waals surface area contributed by atoms with Gasteiger partial charge < -0.3 is 29.1 Å². The molecule has 0 saturated carbocycles. The molecule has 0 heterocycles. The van der Waals surface area contributed by atoms with E-state index in [1.807, 2.05) is 0 Å². The van der Waals surface area contributed by atoms with E-state index >= 15 is 0 Å². The molecular formula is C26H14N5Na5O16S5. The van der Waals surface area contributed by atoms with Crippen molar-refractivity contribution in [2.45, 2.75) is 24.5 Å². The van der Waals surface area contributed by atoms with E-state index in [1.54, 1.807) is 0 Å². The van der Waals surface area contributed by atoms with Crippen molar-refractivity contribution in [1.82, 2.24) is 0 Å². The first kappa shape index (κ1) is 57.0. The number of nitrogen functional groups attached to an aromatic ring is 1. The van der Waals surface area contributed by atoms with Gasteiger partial charge in [0, 0.05) is 16.2 Å². The van der Waals surface area contributed by atoms with Crippen LogP contribution in [0.2, 0.25) is 0 Å². The number of azo groups is 2. The third-order valence-corrected chi connectivity index (χ3v) is 11.4. The number of fused-ring (bicyclic) bond motifs is 2. The number of nitrogens with zero attached hydrogens (tertiary/aromatic N) is 4. The largest absolute Gasteiger partial charge is 1.00 e. The minimum Gasteiger partial charge on any atom is -0.870 e. The summed E-state index contributed by atoms with van der Waals surface area (Å²) in [4.78, 5) is -5.87. The molecule has 0 amide bonds. The van der Waals surface area contributed by atoms with Crippen molar-refractivity contribution in [2.24, 2.45) is 20.5 Å². The van der Waals surface area contributed by atoms with E-state index in [9.17, 15) is 70.0 Å². The van der Waals surface area contributed by atoms with Gasteiger partial charge in [-0.15, -0.1) is 20.5 Å². The fourth-order valence-electron chi connectivity index (χ4n) is 4.89. The van der Waals surface area contributed by atoms with Gasteiger partial charge >= 0.3 is 148 Å². The summed E-state index contributed by atoms with van der Waals surface area (Å²) in [7, 11) is -27.1. The Hall–Kier alpha value is -0.0300. The van der Waals surface area contributed by atoms with Crippen LogP contribution >= 0.6 is 0 Å². The van der Waals surface area contributed by atoms with Gasteiger partial charge in [-0.25, -0.2) is 33.7 Å². The molecule has 0 aliphatic rings. The summed E-state index contributed by atoms with van der Waals surface area (Å²) in [6.45, 7) is 0. The topological polar surface area (TPSA) is 382 Å². The molecule has 5 aromatic rings. The van der Waals surface area contributed by atoms with Crippen LogP contribution < -0.4 is 159 Å². The van der Waals surface area contributed by atoms with Crippen LogP contribution in [0.1, 0.15) is 0 Å². The van der Waals surface area contributed by atoms with Crippen LogP contribution in [0, 0.1) is 0 Å². The molecule has 31 heteroatoms. The summed E-state index contributed by atoms with van der Waals surface area (Å²) in [5, 5.41) is 24.9. The van der Waals surface area contributed by atoms with Crippen molar-refractivity contribution < 1.29 is 218 Å². The minimum atomic E-state index is -5.75. The van der Waals surface area contributed by atoms with Crippen LogP contribution in [0.5, 0.6) is 5.75 Å². The summed E-state index contributed by atoms with van der Waals surface area (Å²) in [5.74, 6) is -1.61.